The molecule has 0 heterocycles. The van der Waals surface area contributed by atoms with E-state index in [2.05, 4.69) is 10.6 Å². The molecular formula is C15H14F2N2OS. The first-order valence-corrected chi connectivity index (χ1v) is 6.62. The first-order valence-electron chi connectivity index (χ1n) is 6.21. The quantitative estimate of drug-likeness (QED) is 0.848. The molecule has 0 aliphatic rings. The Morgan fingerprint density at radius 2 is 1.86 bits per heavy atom. The Morgan fingerprint density at radius 1 is 1.14 bits per heavy atom. The molecule has 0 unspecified atom stereocenters. The van der Waals surface area contributed by atoms with E-state index in [-0.39, 0.29) is 10.8 Å². The van der Waals surface area contributed by atoms with Crippen LogP contribution in [0.1, 0.15) is 5.56 Å². The van der Waals surface area contributed by atoms with Gasteiger partial charge in [-0.25, -0.2) is 8.78 Å². The molecule has 2 rings (SSSR count). The Labute approximate surface area is 126 Å². The maximum absolute atomic E-state index is 13.5. The monoisotopic (exact) mass is 308 g/mol. The molecule has 0 atom stereocenters. The van der Waals surface area contributed by atoms with Crippen LogP contribution in [-0.2, 0) is 6.54 Å². The zero-order chi connectivity index (χ0) is 15.2. The second kappa shape index (κ2) is 6.99. The molecule has 2 aromatic carbocycles. The van der Waals surface area contributed by atoms with Crippen molar-refractivity contribution in [2.24, 2.45) is 0 Å². The van der Waals surface area contributed by atoms with E-state index in [4.69, 9.17) is 17.0 Å². The number of rotatable bonds is 4. The van der Waals surface area contributed by atoms with Crippen molar-refractivity contribution in [3.63, 3.8) is 0 Å². The third-order valence-electron chi connectivity index (χ3n) is 2.79. The smallest absolute Gasteiger partial charge is 0.171 e. The highest BCUT2D eigenvalue weighted by Gasteiger charge is 2.05. The number of hydrogen-bond acceptors (Lipinski definition) is 2. The summed E-state index contributed by atoms with van der Waals surface area (Å²) in [6.07, 6.45) is 0. The largest absolute Gasteiger partial charge is 0.497 e. The lowest BCUT2D eigenvalue weighted by atomic mass is 10.2. The van der Waals surface area contributed by atoms with Crippen LogP contribution in [0.5, 0.6) is 5.75 Å². The van der Waals surface area contributed by atoms with Gasteiger partial charge in [0.15, 0.2) is 5.11 Å². The third kappa shape index (κ3) is 4.39. The minimum absolute atomic E-state index is 0.128. The van der Waals surface area contributed by atoms with Crippen LogP contribution in [-0.4, -0.2) is 12.2 Å². The summed E-state index contributed by atoms with van der Waals surface area (Å²) in [6.45, 7) is 0.485. The van der Waals surface area contributed by atoms with Crippen molar-refractivity contribution in [3.05, 3.63) is 59.7 Å². The molecule has 2 aromatic rings. The standard InChI is InChI=1S/C15H14F2N2OS/c1-20-12-5-2-10(3-6-12)9-18-15(21)19-14-7-4-11(16)8-13(14)17/h2-8H,9H2,1H3,(H2,18,19,21). The van der Waals surface area contributed by atoms with Crippen molar-refractivity contribution in [1.29, 1.82) is 0 Å². The van der Waals surface area contributed by atoms with Crippen LogP contribution in [0.4, 0.5) is 14.5 Å². The van der Waals surface area contributed by atoms with Crippen LogP contribution in [0.3, 0.4) is 0 Å². The van der Waals surface area contributed by atoms with Gasteiger partial charge in [0.1, 0.15) is 17.4 Å². The summed E-state index contributed by atoms with van der Waals surface area (Å²) in [4.78, 5) is 0. The molecule has 0 saturated heterocycles. The van der Waals surface area contributed by atoms with E-state index in [1.807, 2.05) is 24.3 Å². The zero-order valence-corrected chi connectivity index (χ0v) is 12.1. The van der Waals surface area contributed by atoms with Crippen LogP contribution in [0, 0.1) is 11.6 Å². The molecule has 21 heavy (non-hydrogen) atoms. The Bertz CT molecular complexity index is 632. The van der Waals surface area contributed by atoms with Crippen LogP contribution < -0.4 is 15.4 Å². The molecule has 0 radical (unpaired) electrons. The average Bonchev–Trinajstić information content (AvgIpc) is 2.48. The molecular weight excluding hydrogens is 294 g/mol. The molecule has 110 valence electrons. The van der Waals surface area contributed by atoms with Crippen molar-refractivity contribution < 1.29 is 13.5 Å². The summed E-state index contributed by atoms with van der Waals surface area (Å²) in [5.41, 5.74) is 1.13. The molecule has 0 aliphatic heterocycles. The highest BCUT2D eigenvalue weighted by molar-refractivity contribution is 7.80. The first kappa shape index (κ1) is 15.2. The van der Waals surface area contributed by atoms with E-state index in [0.29, 0.717) is 6.54 Å². The molecule has 0 spiro atoms. The number of nitrogens with one attached hydrogen (secondary N) is 2. The van der Waals surface area contributed by atoms with Gasteiger partial charge in [-0.15, -0.1) is 0 Å². The summed E-state index contributed by atoms with van der Waals surface area (Å²) in [5, 5.41) is 5.89. The van der Waals surface area contributed by atoms with Crippen molar-refractivity contribution in [1.82, 2.24) is 5.32 Å². The van der Waals surface area contributed by atoms with Crippen LogP contribution >= 0.6 is 12.2 Å². The second-order valence-corrected chi connectivity index (χ2v) is 4.69. The topological polar surface area (TPSA) is 33.3 Å². The van der Waals surface area contributed by atoms with Crippen molar-refractivity contribution in [2.75, 3.05) is 12.4 Å². The Balaban J connectivity index is 1.89. The Morgan fingerprint density at radius 3 is 2.48 bits per heavy atom. The van der Waals surface area contributed by atoms with E-state index in [9.17, 15) is 8.78 Å². The first-order chi connectivity index (χ1) is 10.1. The van der Waals surface area contributed by atoms with Gasteiger partial charge in [-0.05, 0) is 42.0 Å². The van der Waals surface area contributed by atoms with Gasteiger partial charge in [0.2, 0.25) is 0 Å². The number of ether oxygens (including phenoxy) is 1. The number of methoxy groups -OCH3 is 1. The lowest BCUT2D eigenvalue weighted by Crippen LogP contribution is -2.28. The third-order valence-corrected chi connectivity index (χ3v) is 3.04. The zero-order valence-electron chi connectivity index (χ0n) is 11.3. The number of halogens is 2. The van der Waals surface area contributed by atoms with Crippen molar-refractivity contribution in [3.8, 4) is 5.75 Å². The number of hydrogen-bond donors (Lipinski definition) is 2. The fourth-order valence-electron chi connectivity index (χ4n) is 1.68. The van der Waals surface area contributed by atoms with Gasteiger partial charge in [-0.3, -0.25) is 0 Å². The van der Waals surface area contributed by atoms with Crippen LogP contribution in [0.2, 0.25) is 0 Å². The highest BCUT2D eigenvalue weighted by Crippen LogP contribution is 2.15. The molecule has 0 saturated carbocycles. The van der Waals surface area contributed by atoms with Gasteiger partial charge >= 0.3 is 0 Å². The predicted octanol–water partition coefficient (Wildman–Crippen LogP) is 3.46. The normalized spacial score (nSPS) is 10.0. The second-order valence-electron chi connectivity index (χ2n) is 4.28. The molecule has 0 bridgehead atoms. The van der Waals surface area contributed by atoms with E-state index in [1.165, 1.54) is 6.07 Å². The molecule has 0 amide bonds. The van der Waals surface area contributed by atoms with Gasteiger partial charge < -0.3 is 15.4 Å². The average molecular weight is 308 g/mol. The van der Waals surface area contributed by atoms with Gasteiger partial charge in [-0.2, -0.15) is 0 Å². The molecule has 3 nitrogen and oxygen atoms in total. The van der Waals surface area contributed by atoms with Gasteiger partial charge in [0, 0.05) is 12.6 Å². The maximum Gasteiger partial charge on any atom is 0.171 e. The Kier molecular flexibility index (Phi) is 5.05. The number of benzene rings is 2. The minimum atomic E-state index is -0.691. The molecule has 6 heteroatoms. The predicted molar refractivity (Wildman–Crippen MR) is 82.4 cm³/mol. The molecule has 0 aliphatic carbocycles. The van der Waals surface area contributed by atoms with Crippen LogP contribution in [0.15, 0.2) is 42.5 Å². The van der Waals surface area contributed by atoms with Crippen molar-refractivity contribution >= 4 is 23.0 Å². The molecule has 0 aromatic heterocycles. The van der Waals surface area contributed by atoms with E-state index in [0.717, 1.165) is 23.4 Å². The van der Waals surface area contributed by atoms with Crippen molar-refractivity contribution in [2.45, 2.75) is 6.54 Å². The van der Waals surface area contributed by atoms with Crippen LogP contribution in [0.25, 0.3) is 0 Å². The summed E-state index contributed by atoms with van der Waals surface area (Å²) < 4.78 is 31.3. The summed E-state index contributed by atoms with van der Waals surface area (Å²) in [5.74, 6) is -0.549. The highest BCUT2D eigenvalue weighted by atomic mass is 32.1. The SMILES string of the molecule is COc1ccc(CNC(=S)Nc2ccc(F)cc2F)cc1. The summed E-state index contributed by atoms with van der Waals surface area (Å²) in [6, 6.07) is 10.7. The molecule has 2 N–H and O–H groups in total. The maximum atomic E-state index is 13.5. The minimum Gasteiger partial charge on any atom is -0.497 e. The number of thiocarbonyl (C=S) groups is 1. The lowest BCUT2D eigenvalue weighted by molar-refractivity contribution is 0.414. The fourth-order valence-corrected chi connectivity index (χ4v) is 1.87. The molecule has 0 fully saturated rings. The van der Waals surface area contributed by atoms with Gasteiger partial charge in [-0.1, -0.05) is 12.1 Å². The van der Waals surface area contributed by atoms with E-state index >= 15 is 0 Å². The van der Waals surface area contributed by atoms with Gasteiger partial charge in [0.05, 0.1) is 12.8 Å². The number of anilines is 1. The summed E-state index contributed by atoms with van der Waals surface area (Å²) >= 11 is 5.07. The van der Waals surface area contributed by atoms with E-state index in [1.54, 1.807) is 7.11 Å². The summed E-state index contributed by atoms with van der Waals surface area (Å²) in [7, 11) is 1.60. The van der Waals surface area contributed by atoms with Gasteiger partial charge in [0.25, 0.3) is 0 Å². The fraction of sp³-hybridized carbons (Fsp3) is 0.133. The lowest BCUT2D eigenvalue weighted by Gasteiger charge is -2.11. The Hall–Kier alpha value is -2.21. The van der Waals surface area contributed by atoms with E-state index < -0.39 is 11.6 Å².